The van der Waals surface area contributed by atoms with E-state index in [1.807, 2.05) is 12.1 Å². The summed E-state index contributed by atoms with van der Waals surface area (Å²) >= 11 is 0. The fourth-order valence-corrected chi connectivity index (χ4v) is 2.81. The number of rotatable bonds is 4. The van der Waals surface area contributed by atoms with E-state index in [1.165, 1.54) is 19.3 Å². The smallest absolute Gasteiger partial charge is 0.142 e. The largest absolute Gasteiger partial charge is 0.495 e. The average Bonchev–Trinajstić information content (AvgIpc) is 2.47. The summed E-state index contributed by atoms with van der Waals surface area (Å²) in [6, 6.07) is 3.65. The highest BCUT2D eigenvalue weighted by Gasteiger charge is 2.36. The van der Waals surface area contributed by atoms with E-state index >= 15 is 0 Å². The number of aromatic nitrogens is 1. The molecule has 0 aromatic carbocycles. The maximum Gasteiger partial charge on any atom is 0.142 e. The van der Waals surface area contributed by atoms with Crippen LogP contribution in [-0.4, -0.2) is 35.6 Å². The fourth-order valence-electron chi connectivity index (χ4n) is 2.81. The third-order valence-electron chi connectivity index (χ3n) is 4.25. The van der Waals surface area contributed by atoms with Crippen LogP contribution < -0.4 is 10.5 Å². The molecule has 106 valence electrons. The minimum atomic E-state index is -0.151. The van der Waals surface area contributed by atoms with E-state index in [0.29, 0.717) is 0 Å². The topological polar surface area (TPSA) is 51.4 Å². The fraction of sp³-hybridized carbons (Fsp3) is 0.667. The predicted molar refractivity (Wildman–Crippen MR) is 77.2 cm³/mol. The summed E-state index contributed by atoms with van der Waals surface area (Å²) in [7, 11) is 1.67. The van der Waals surface area contributed by atoms with Crippen LogP contribution >= 0.6 is 0 Å². The molecule has 1 aliphatic heterocycles. The van der Waals surface area contributed by atoms with Gasteiger partial charge in [-0.1, -0.05) is 6.42 Å². The number of piperidine rings is 1. The zero-order valence-corrected chi connectivity index (χ0v) is 12.2. The molecule has 2 rings (SSSR count). The summed E-state index contributed by atoms with van der Waals surface area (Å²) in [5.41, 5.74) is 7.23. The van der Waals surface area contributed by atoms with Crippen LogP contribution in [0.3, 0.4) is 0 Å². The molecule has 4 heteroatoms. The molecule has 2 heterocycles. The minimum Gasteiger partial charge on any atom is -0.495 e. The first-order valence-corrected chi connectivity index (χ1v) is 7.07. The van der Waals surface area contributed by atoms with Gasteiger partial charge in [-0.15, -0.1) is 0 Å². The molecule has 1 fully saturated rings. The second-order valence-electron chi connectivity index (χ2n) is 5.77. The number of nitrogens with zero attached hydrogens (tertiary/aromatic N) is 2. The Labute approximate surface area is 116 Å². The van der Waals surface area contributed by atoms with Gasteiger partial charge in [0.2, 0.25) is 0 Å². The number of nitrogens with two attached hydrogens (primary N) is 1. The molecule has 0 spiro atoms. The van der Waals surface area contributed by atoms with Crippen LogP contribution in [0.4, 0.5) is 0 Å². The molecule has 0 aliphatic carbocycles. The van der Waals surface area contributed by atoms with Gasteiger partial charge in [0.1, 0.15) is 11.4 Å². The lowest BCUT2D eigenvalue weighted by Crippen LogP contribution is -2.53. The van der Waals surface area contributed by atoms with Crippen molar-refractivity contribution in [1.82, 2.24) is 9.88 Å². The molecular weight excluding hydrogens is 238 g/mol. The molecule has 4 nitrogen and oxygen atoms in total. The van der Waals surface area contributed by atoms with E-state index in [-0.39, 0.29) is 11.6 Å². The molecule has 1 unspecified atom stereocenters. The Morgan fingerprint density at radius 1 is 1.32 bits per heavy atom. The number of methoxy groups -OCH3 is 1. The Hall–Kier alpha value is -1.13. The molecule has 1 aromatic heterocycles. The molecular formula is C15H25N3O. The van der Waals surface area contributed by atoms with Crippen LogP contribution in [0.25, 0.3) is 0 Å². The summed E-state index contributed by atoms with van der Waals surface area (Å²) in [6.07, 6.45) is 5.63. The lowest BCUT2D eigenvalue weighted by Gasteiger charge is -2.44. The lowest BCUT2D eigenvalue weighted by molar-refractivity contribution is 0.0710. The van der Waals surface area contributed by atoms with Crippen molar-refractivity contribution in [2.45, 2.75) is 44.7 Å². The van der Waals surface area contributed by atoms with E-state index < -0.39 is 0 Å². The van der Waals surface area contributed by atoms with Gasteiger partial charge in [0.15, 0.2) is 0 Å². The first kappa shape index (κ1) is 14.3. The van der Waals surface area contributed by atoms with Crippen molar-refractivity contribution in [3.05, 3.63) is 24.0 Å². The summed E-state index contributed by atoms with van der Waals surface area (Å²) in [6.45, 7) is 6.65. The minimum absolute atomic E-state index is 0.109. The van der Waals surface area contributed by atoms with Gasteiger partial charge in [-0.25, -0.2) is 0 Å². The zero-order chi connectivity index (χ0) is 13.9. The van der Waals surface area contributed by atoms with Crippen LogP contribution in [-0.2, 0) is 0 Å². The first-order valence-electron chi connectivity index (χ1n) is 7.07. The summed E-state index contributed by atoms with van der Waals surface area (Å²) < 4.78 is 5.39. The Morgan fingerprint density at radius 3 is 2.63 bits per heavy atom. The van der Waals surface area contributed by atoms with Crippen LogP contribution in [0, 0.1) is 0 Å². The summed E-state index contributed by atoms with van der Waals surface area (Å²) in [5.74, 6) is 0.778. The first-order chi connectivity index (χ1) is 9.07. The van der Waals surface area contributed by atoms with Crippen molar-refractivity contribution in [3.63, 3.8) is 0 Å². The van der Waals surface area contributed by atoms with Crippen molar-refractivity contribution < 1.29 is 4.74 Å². The highest BCUT2D eigenvalue weighted by atomic mass is 16.5. The lowest BCUT2D eigenvalue weighted by atomic mass is 9.88. The van der Waals surface area contributed by atoms with Gasteiger partial charge in [0.25, 0.3) is 0 Å². The van der Waals surface area contributed by atoms with Crippen LogP contribution in [0.2, 0.25) is 0 Å². The van der Waals surface area contributed by atoms with Gasteiger partial charge < -0.3 is 10.5 Å². The van der Waals surface area contributed by atoms with E-state index in [4.69, 9.17) is 10.5 Å². The Kier molecular flexibility index (Phi) is 4.42. The summed E-state index contributed by atoms with van der Waals surface area (Å²) in [5, 5.41) is 0. The van der Waals surface area contributed by atoms with Crippen molar-refractivity contribution in [1.29, 1.82) is 0 Å². The highest BCUT2D eigenvalue weighted by Crippen LogP contribution is 2.34. The van der Waals surface area contributed by atoms with Gasteiger partial charge in [-0.3, -0.25) is 9.88 Å². The van der Waals surface area contributed by atoms with Crippen LogP contribution in [0.1, 0.15) is 44.8 Å². The van der Waals surface area contributed by atoms with Crippen LogP contribution in [0.15, 0.2) is 18.3 Å². The van der Waals surface area contributed by atoms with Gasteiger partial charge >= 0.3 is 0 Å². The van der Waals surface area contributed by atoms with Gasteiger partial charge in [-0.2, -0.15) is 0 Å². The zero-order valence-electron chi connectivity index (χ0n) is 12.2. The van der Waals surface area contributed by atoms with Crippen molar-refractivity contribution in [2.75, 3.05) is 20.2 Å². The average molecular weight is 263 g/mol. The second kappa shape index (κ2) is 5.88. The molecule has 0 amide bonds. The van der Waals surface area contributed by atoms with Gasteiger partial charge in [0.05, 0.1) is 13.2 Å². The van der Waals surface area contributed by atoms with Crippen molar-refractivity contribution in [3.8, 4) is 5.75 Å². The Bertz CT molecular complexity index is 414. The Balaban J connectivity index is 2.23. The quantitative estimate of drug-likeness (QED) is 0.906. The van der Waals surface area contributed by atoms with E-state index in [0.717, 1.165) is 24.5 Å². The second-order valence-corrected chi connectivity index (χ2v) is 5.77. The highest BCUT2D eigenvalue weighted by molar-refractivity contribution is 5.31. The normalized spacial score (nSPS) is 19.2. The third-order valence-corrected chi connectivity index (χ3v) is 4.25. The molecule has 1 atom stereocenters. The number of ether oxygens (including phenoxy) is 1. The molecule has 1 aromatic rings. The van der Waals surface area contributed by atoms with E-state index in [9.17, 15) is 0 Å². The third kappa shape index (κ3) is 2.90. The monoisotopic (exact) mass is 263 g/mol. The molecule has 0 radical (unpaired) electrons. The number of hydrogen-bond donors (Lipinski definition) is 1. The SMILES string of the molecule is COc1cccnc1C(N)C(C)(C)N1CCCCC1. The molecule has 1 aliphatic rings. The van der Waals surface area contributed by atoms with Crippen LogP contribution in [0.5, 0.6) is 5.75 Å². The molecule has 0 saturated carbocycles. The van der Waals surface area contributed by atoms with Crippen molar-refractivity contribution in [2.24, 2.45) is 5.73 Å². The molecule has 0 bridgehead atoms. The number of pyridine rings is 1. The maximum absolute atomic E-state index is 6.50. The summed E-state index contributed by atoms with van der Waals surface area (Å²) in [4.78, 5) is 6.92. The maximum atomic E-state index is 6.50. The standard InChI is InChI=1S/C15H25N3O/c1-15(2,18-10-5-4-6-11-18)14(16)13-12(19-3)8-7-9-17-13/h7-9,14H,4-6,10-11,16H2,1-3H3. The Morgan fingerprint density at radius 2 is 2.00 bits per heavy atom. The van der Waals surface area contributed by atoms with E-state index in [2.05, 4.69) is 23.7 Å². The number of hydrogen-bond acceptors (Lipinski definition) is 4. The molecule has 2 N–H and O–H groups in total. The van der Waals surface area contributed by atoms with E-state index in [1.54, 1.807) is 13.3 Å². The molecule has 1 saturated heterocycles. The van der Waals surface area contributed by atoms with Gasteiger partial charge in [0, 0.05) is 11.7 Å². The van der Waals surface area contributed by atoms with Gasteiger partial charge in [-0.05, 0) is 51.9 Å². The van der Waals surface area contributed by atoms with Crippen molar-refractivity contribution >= 4 is 0 Å². The predicted octanol–water partition coefficient (Wildman–Crippen LogP) is 2.35. The molecule has 19 heavy (non-hydrogen) atoms. The number of likely N-dealkylation sites (tertiary alicyclic amines) is 1.